The fraction of sp³-hybridized carbons (Fsp3) is 0.286. The van der Waals surface area contributed by atoms with Crippen LogP contribution in [0.25, 0.3) is 0 Å². The largest absolute Gasteiger partial charge is 0.469 e. The van der Waals surface area contributed by atoms with Crippen LogP contribution in [-0.4, -0.2) is 30.4 Å². The van der Waals surface area contributed by atoms with Crippen LogP contribution >= 0.6 is 0 Å². The number of methoxy groups -OCH3 is 1. The SMILES string of the molecule is COC(=O)CC1=CCN(Cc2ccccc2)C1=O. The summed E-state index contributed by atoms with van der Waals surface area (Å²) in [6.07, 6.45) is 1.85. The van der Waals surface area contributed by atoms with Gasteiger partial charge in [-0.15, -0.1) is 0 Å². The van der Waals surface area contributed by atoms with Crippen molar-refractivity contribution in [2.24, 2.45) is 0 Å². The molecule has 0 bridgehead atoms. The molecule has 0 aromatic heterocycles. The first-order valence-corrected chi connectivity index (χ1v) is 5.79. The lowest BCUT2D eigenvalue weighted by atomic mass is 10.2. The van der Waals surface area contributed by atoms with E-state index in [-0.39, 0.29) is 18.3 Å². The minimum absolute atomic E-state index is 0.0562. The third kappa shape index (κ3) is 2.77. The van der Waals surface area contributed by atoms with E-state index in [9.17, 15) is 9.59 Å². The number of rotatable bonds is 4. The Morgan fingerprint density at radius 1 is 1.33 bits per heavy atom. The minimum Gasteiger partial charge on any atom is -0.469 e. The van der Waals surface area contributed by atoms with Crippen molar-refractivity contribution in [3.63, 3.8) is 0 Å². The van der Waals surface area contributed by atoms with Gasteiger partial charge in [-0.25, -0.2) is 0 Å². The second-order valence-corrected chi connectivity index (χ2v) is 4.15. The average Bonchev–Trinajstić information content (AvgIpc) is 2.73. The van der Waals surface area contributed by atoms with Crippen LogP contribution in [0.2, 0.25) is 0 Å². The van der Waals surface area contributed by atoms with Crippen molar-refractivity contribution < 1.29 is 14.3 Å². The molecule has 0 radical (unpaired) electrons. The van der Waals surface area contributed by atoms with Gasteiger partial charge < -0.3 is 9.64 Å². The van der Waals surface area contributed by atoms with Gasteiger partial charge in [-0.3, -0.25) is 9.59 Å². The maximum absolute atomic E-state index is 12.0. The van der Waals surface area contributed by atoms with E-state index in [1.807, 2.05) is 30.3 Å². The maximum Gasteiger partial charge on any atom is 0.310 e. The van der Waals surface area contributed by atoms with Gasteiger partial charge in [0.1, 0.15) is 0 Å². The minimum atomic E-state index is -0.379. The summed E-state index contributed by atoms with van der Waals surface area (Å²) in [5.74, 6) is -0.458. The smallest absolute Gasteiger partial charge is 0.310 e. The molecule has 0 N–H and O–H groups in total. The number of hydrogen-bond donors (Lipinski definition) is 0. The Bertz CT molecular complexity index is 479. The quantitative estimate of drug-likeness (QED) is 0.755. The third-order valence-electron chi connectivity index (χ3n) is 2.90. The Morgan fingerprint density at radius 3 is 2.72 bits per heavy atom. The first-order chi connectivity index (χ1) is 8.70. The topological polar surface area (TPSA) is 46.6 Å². The van der Waals surface area contributed by atoms with Gasteiger partial charge in [0.25, 0.3) is 5.91 Å². The van der Waals surface area contributed by atoms with Crippen LogP contribution in [0, 0.1) is 0 Å². The van der Waals surface area contributed by atoms with Crippen molar-refractivity contribution in [1.82, 2.24) is 4.90 Å². The molecule has 0 aliphatic carbocycles. The molecule has 4 nitrogen and oxygen atoms in total. The standard InChI is InChI=1S/C14H15NO3/c1-18-13(16)9-12-7-8-15(14(12)17)10-11-5-3-2-4-6-11/h2-7H,8-10H2,1H3. The molecule has 4 heteroatoms. The lowest BCUT2D eigenvalue weighted by Gasteiger charge is -2.16. The van der Waals surface area contributed by atoms with Crippen LogP contribution in [0.4, 0.5) is 0 Å². The van der Waals surface area contributed by atoms with Crippen molar-refractivity contribution in [2.45, 2.75) is 13.0 Å². The predicted molar refractivity (Wildman–Crippen MR) is 66.6 cm³/mol. The number of carbonyl (C=O) groups excluding carboxylic acids is 2. The highest BCUT2D eigenvalue weighted by atomic mass is 16.5. The van der Waals surface area contributed by atoms with Gasteiger partial charge in [0.2, 0.25) is 0 Å². The summed E-state index contributed by atoms with van der Waals surface area (Å²) in [7, 11) is 1.32. The van der Waals surface area contributed by atoms with Crippen molar-refractivity contribution in [2.75, 3.05) is 13.7 Å². The van der Waals surface area contributed by atoms with E-state index in [0.717, 1.165) is 5.56 Å². The molecule has 0 unspecified atom stereocenters. The average molecular weight is 245 g/mol. The summed E-state index contributed by atoms with van der Waals surface area (Å²) in [6, 6.07) is 9.78. The van der Waals surface area contributed by atoms with E-state index < -0.39 is 0 Å². The molecule has 18 heavy (non-hydrogen) atoms. The molecule has 1 aliphatic heterocycles. The monoisotopic (exact) mass is 245 g/mol. The highest BCUT2D eigenvalue weighted by Gasteiger charge is 2.25. The Labute approximate surface area is 106 Å². The molecule has 2 rings (SSSR count). The van der Waals surface area contributed by atoms with E-state index in [4.69, 9.17) is 0 Å². The van der Waals surface area contributed by atoms with Gasteiger partial charge >= 0.3 is 5.97 Å². The second kappa shape index (κ2) is 5.49. The molecule has 0 fully saturated rings. The van der Waals surface area contributed by atoms with E-state index >= 15 is 0 Å². The molecule has 0 spiro atoms. The van der Waals surface area contributed by atoms with Crippen LogP contribution in [0.1, 0.15) is 12.0 Å². The highest BCUT2D eigenvalue weighted by molar-refractivity contribution is 5.99. The Balaban J connectivity index is 1.96. The lowest BCUT2D eigenvalue weighted by molar-refractivity contribution is -0.141. The summed E-state index contributed by atoms with van der Waals surface area (Å²) in [5, 5.41) is 0. The molecule has 1 heterocycles. The molecule has 1 aromatic carbocycles. The zero-order valence-electron chi connectivity index (χ0n) is 10.3. The molecular formula is C14H15NO3. The number of hydrogen-bond acceptors (Lipinski definition) is 3. The predicted octanol–water partition coefficient (Wildman–Crippen LogP) is 1.52. The van der Waals surface area contributed by atoms with Crippen LogP contribution in [-0.2, 0) is 20.9 Å². The summed E-state index contributed by atoms with van der Waals surface area (Å²) >= 11 is 0. The summed E-state index contributed by atoms with van der Waals surface area (Å²) in [6.45, 7) is 1.13. The van der Waals surface area contributed by atoms with Crippen molar-refractivity contribution in [3.05, 3.63) is 47.5 Å². The molecule has 0 atom stereocenters. The van der Waals surface area contributed by atoms with Crippen molar-refractivity contribution in [3.8, 4) is 0 Å². The molecule has 94 valence electrons. The second-order valence-electron chi connectivity index (χ2n) is 4.15. The Morgan fingerprint density at radius 2 is 2.06 bits per heavy atom. The molecule has 0 saturated carbocycles. The number of nitrogens with zero attached hydrogens (tertiary/aromatic N) is 1. The van der Waals surface area contributed by atoms with E-state index in [2.05, 4.69) is 4.74 Å². The first kappa shape index (κ1) is 12.4. The first-order valence-electron chi connectivity index (χ1n) is 5.79. The van der Waals surface area contributed by atoms with Gasteiger partial charge in [0.05, 0.1) is 13.5 Å². The molecule has 0 saturated heterocycles. The summed E-state index contributed by atoms with van der Waals surface area (Å²) in [5.41, 5.74) is 1.61. The van der Waals surface area contributed by atoms with Crippen LogP contribution in [0.3, 0.4) is 0 Å². The zero-order valence-corrected chi connectivity index (χ0v) is 10.3. The van der Waals surface area contributed by atoms with Crippen LogP contribution in [0.15, 0.2) is 42.0 Å². The number of benzene rings is 1. The number of ether oxygens (including phenoxy) is 1. The molecular weight excluding hydrogens is 230 g/mol. The summed E-state index contributed by atoms with van der Waals surface area (Å²) < 4.78 is 4.56. The van der Waals surface area contributed by atoms with E-state index in [1.54, 1.807) is 11.0 Å². The van der Waals surface area contributed by atoms with Gasteiger partial charge in [-0.1, -0.05) is 36.4 Å². The molecule has 1 amide bonds. The van der Waals surface area contributed by atoms with E-state index in [0.29, 0.717) is 18.7 Å². The number of amides is 1. The fourth-order valence-corrected chi connectivity index (χ4v) is 1.91. The highest BCUT2D eigenvalue weighted by Crippen LogP contribution is 2.17. The Hall–Kier alpha value is -2.10. The normalized spacial score (nSPS) is 14.6. The van der Waals surface area contributed by atoms with Crippen LogP contribution in [0.5, 0.6) is 0 Å². The van der Waals surface area contributed by atoms with Gasteiger partial charge in [-0.2, -0.15) is 0 Å². The van der Waals surface area contributed by atoms with Gasteiger partial charge in [-0.05, 0) is 5.56 Å². The number of esters is 1. The zero-order chi connectivity index (χ0) is 13.0. The molecule has 1 aliphatic rings. The third-order valence-corrected chi connectivity index (χ3v) is 2.90. The van der Waals surface area contributed by atoms with E-state index in [1.165, 1.54) is 7.11 Å². The fourth-order valence-electron chi connectivity index (χ4n) is 1.91. The van der Waals surface area contributed by atoms with Gasteiger partial charge in [0, 0.05) is 18.7 Å². The lowest BCUT2D eigenvalue weighted by Crippen LogP contribution is -2.27. The van der Waals surface area contributed by atoms with Gasteiger partial charge in [0.15, 0.2) is 0 Å². The molecule has 1 aromatic rings. The Kier molecular flexibility index (Phi) is 3.77. The van der Waals surface area contributed by atoms with Crippen LogP contribution < -0.4 is 0 Å². The maximum atomic E-state index is 12.0. The summed E-state index contributed by atoms with van der Waals surface area (Å²) in [4.78, 5) is 24.9. The van der Waals surface area contributed by atoms with Crippen molar-refractivity contribution in [1.29, 1.82) is 0 Å². The van der Waals surface area contributed by atoms with Crippen molar-refractivity contribution >= 4 is 11.9 Å². The number of carbonyl (C=O) groups is 2.